The summed E-state index contributed by atoms with van der Waals surface area (Å²) in [6.45, 7) is 17.6. The van der Waals surface area contributed by atoms with Crippen molar-refractivity contribution in [1.82, 2.24) is 0 Å². The second kappa shape index (κ2) is 16.5. The molecule has 0 unspecified atom stereocenters. The van der Waals surface area contributed by atoms with E-state index in [1.54, 1.807) is 0 Å². The van der Waals surface area contributed by atoms with Gasteiger partial charge in [-0.3, -0.25) is 0 Å². The van der Waals surface area contributed by atoms with Crippen LogP contribution in [-0.2, 0) is 26.8 Å². The first-order valence-corrected chi connectivity index (χ1v) is 25.3. The van der Waals surface area contributed by atoms with Crippen LogP contribution >= 0.6 is 0 Å². The van der Waals surface area contributed by atoms with Gasteiger partial charge in [-0.1, -0.05) is 173 Å². The fourth-order valence-corrected chi connectivity index (χ4v) is 12.5. The Morgan fingerprint density at radius 2 is 0.616 bits per heavy atom. The number of nitriles is 2. The Labute approximate surface area is 429 Å². The lowest BCUT2D eigenvalue weighted by atomic mass is 9.71. The highest BCUT2D eigenvalue weighted by Crippen LogP contribution is 2.65. The first-order valence-electron chi connectivity index (χ1n) is 25.3. The average Bonchev–Trinajstić information content (AvgIpc) is 3.61. The Bertz CT molecular complexity index is 3600. The highest BCUT2D eigenvalue weighted by atomic mass is 16.5. The zero-order valence-corrected chi connectivity index (χ0v) is 42.7. The molecular weight excluding hydrogens is 889 g/mol. The molecular formula is C68H56N4O. The van der Waals surface area contributed by atoms with Gasteiger partial charge in [0.1, 0.15) is 12.1 Å². The number of anilines is 6. The van der Waals surface area contributed by atoms with Crippen molar-refractivity contribution in [2.75, 3.05) is 9.80 Å². The molecule has 0 fully saturated rings. The maximum atomic E-state index is 12.0. The van der Waals surface area contributed by atoms with Gasteiger partial charge in [0.15, 0.2) is 0 Å². The summed E-state index contributed by atoms with van der Waals surface area (Å²) in [6.07, 6.45) is 0. The molecule has 0 aromatic heterocycles. The van der Waals surface area contributed by atoms with Gasteiger partial charge in [-0.15, -0.1) is 0 Å². The molecule has 5 nitrogen and oxygen atoms in total. The number of benzene rings is 9. The quantitative estimate of drug-likeness (QED) is 0.166. The van der Waals surface area contributed by atoms with Crippen molar-refractivity contribution in [3.63, 3.8) is 0 Å². The summed E-state index contributed by atoms with van der Waals surface area (Å²) in [6, 6.07) is 74.8. The normalized spacial score (nSPS) is 16.0. The highest BCUT2D eigenvalue weighted by molar-refractivity contribution is 6.03. The monoisotopic (exact) mass is 944 g/mol. The molecule has 0 spiro atoms. The molecule has 12 rings (SSSR count). The number of hydrogen-bond donors (Lipinski definition) is 0. The summed E-state index contributed by atoms with van der Waals surface area (Å²) >= 11 is 0. The molecule has 3 heterocycles. The van der Waals surface area contributed by atoms with Crippen LogP contribution in [0.1, 0.15) is 99.9 Å². The smallest absolute Gasteiger partial charge is 0.103 e. The molecule has 0 N–H and O–H groups in total. The molecule has 0 radical (unpaired) electrons. The molecule has 0 aliphatic carbocycles. The van der Waals surface area contributed by atoms with Crippen molar-refractivity contribution in [3.05, 3.63) is 239 Å². The summed E-state index contributed by atoms with van der Waals surface area (Å²) in [5, 5.41) is 23.6. The van der Waals surface area contributed by atoms with Gasteiger partial charge in [-0.05, 0) is 143 Å². The van der Waals surface area contributed by atoms with Gasteiger partial charge in [0.05, 0.1) is 56.5 Å². The first-order chi connectivity index (χ1) is 35.1. The fourth-order valence-electron chi connectivity index (χ4n) is 12.5. The Hall–Kier alpha value is -8.48. The SMILES string of the molecule is CC1(C)OC(C)(C)c2c(N3c4ccc(-c5ccccc5)cc4C(C)(C)c4cc(-c5ccccc5)ccc43)c(N3c4ccc(-c5ccccc5)cc4C(C)(C)c4cc(-c5ccccc5)ccc43)c(C#N)c(C#N)c21. The van der Waals surface area contributed by atoms with Crippen molar-refractivity contribution in [2.24, 2.45) is 0 Å². The number of ether oxygens (including phenoxy) is 1. The number of nitrogens with zero attached hydrogens (tertiary/aromatic N) is 4. The van der Waals surface area contributed by atoms with Gasteiger partial charge >= 0.3 is 0 Å². The van der Waals surface area contributed by atoms with E-state index in [0.29, 0.717) is 16.8 Å². The van der Waals surface area contributed by atoms with E-state index in [9.17, 15) is 10.5 Å². The molecule has 9 aromatic rings. The number of hydrogen-bond acceptors (Lipinski definition) is 5. The highest BCUT2D eigenvalue weighted by Gasteiger charge is 2.52. The standard InChI is InChI=1S/C68H56N4O/c1-65(2)53-37-47(43-21-13-9-14-22-43)29-33-57(53)71(58-34-30-48(38-54(58)65)44-23-15-10-16-24-44)63-52(42-70)51(41-69)61-62(68(7,8)73-67(61,5)6)64(63)72-59-35-31-49(45-25-17-11-18-26-45)39-55(59)66(3,4)56-40-50(32-36-60(56)72)46-27-19-12-20-28-46/h9-40H,1-8H3. The average molecular weight is 945 g/mol. The Kier molecular flexibility index (Phi) is 10.3. The number of fused-ring (bicyclic) bond motifs is 5. The van der Waals surface area contributed by atoms with Crippen LogP contribution in [-0.4, -0.2) is 0 Å². The van der Waals surface area contributed by atoms with Crippen LogP contribution < -0.4 is 9.80 Å². The molecule has 5 heteroatoms. The van der Waals surface area contributed by atoms with E-state index < -0.39 is 22.0 Å². The van der Waals surface area contributed by atoms with Crippen LogP contribution in [0.15, 0.2) is 194 Å². The predicted molar refractivity (Wildman–Crippen MR) is 298 cm³/mol. The minimum absolute atomic E-state index is 0.302. The molecule has 3 aliphatic rings. The molecule has 354 valence electrons. The topological polar surface area (TPSA) is 63.3 Å². The van der Waals surface area contributed by atoms with Crippen LogP contribution in [0.3, 0.4) is 0 Å². The Morgan fingerprint density at radius 1 is 0.329 bits per heavy atom. The minimum atomic E-state index is -0.924. The second-order valence-corrected chi connectivity index (χ2v) is 21.9. The predicted octanol–water partition coefficient (Wildman–Crippen LogP) is 17.8. The minimum Gasteiger partial charge on any atom is -0.360 e. The van der Waals surface area contributed by atoms with E-state index >= 15 is 0 Å². The lowest BCUT2D eigenvalue weighted by molar-refractivity contribution is -0.105. The lowest BCUT2D eigenvalue weighted by Crippen LogP contribution is -2.35. The molecule has 0 bridgehead atoms. The summed E-state index contributed by atoms with van der Waals surface area (Å²) in [7, 11) is 0. The molecule has 9 aromatic carbocycles. The van der Waals surface area contributed by atoms with E-state index in [-0.39, 0.29) is 0 Å². The molecule has 0 amide bonds. The zero-order chi connectivity index (χ0) is 50.6. The molecule has 0 atom stereocenters. The largest absolute Gasteiger partial charge is 0.360 e. The van der Waals surface area contributed by atoms with Crippen molar-refractivity contribution in [2.45, 2.75) is 77.4 Å². The third-order valence-corrected chi connectivity index (χ3v) is 15.9. The van der Waals surface area contributed by atoms with Crippen LogP contribution in [0, 0.1) is 22.7 Å². The van der Waals surface area contributed by atoms with Crippen molar-refractivity contribution >= 4 is 34.1 Å². The van der Waals surface area contributed by atoms with Gasteiger partial charge in [0.2, 0.25) is 0 Å². The van der Waals surface area contributed by atoms with E-state index in [1.165, 1.54) is 0 Å². The Balaban J connectivity index is 1.25. The van der Waals surface area contributed by atoms with Gasteiger partial charge in [-0.2, -0.15) is 10.5 Å². The second-order valence-electron chi connectivity index (χ2n) is 21.9. The first kappa shape index (κ1) is 45.6. The molecule has 0 saturated heterocycles. The third kappa shape index (κ3) is 6.98. The van der Waals surface area contributed by atoms with Crippen LogP contribution in [0.5, 0.6) is 0 Å². The van der Waals surface area contributed by atoms with Gasteiger partial charge in [0, 0.05) is 22.0 Å². The van der Waals surface area contributed by atoms with Gasteiger partial charge in [0.25, 0.3) is 0 Å². The van der Waals surface area contributed by atoms with E-state index in [1.807, 2.05) is 13.8 Å². The summed E-state index contributed by atoms with van der Waals surface area (Å²) in [5.41, 5.74) is 18.2. The molecule has 3 aliphatic heterocycles. The van der Waals surface area contributed by atoms with E-state index in [2.05, 4.69) is 258 Å². The van der Waals surface area contributed by atoms with Crippen LogP contribution in [0.2, 0.25) is 0 Å². The maximum Gasteiger partial charge on any atom is 0.103 e. The molecule has 73 heavy (non-hydrogen) atoms. The van der Waals surface area contributed by atoms with E-state index in [0.717, 1.165) is 106 Å². The summed E-state index contributed by atoms with van der Waals surface area (Å²) < 4.78 is 7.19. The molecule has 0 saturated carbocycles. The van der Waals surface area contributed by atoms with Crippen molar-refractivity contribution in [3.8, 4) is 56.6 Å². The summed E-state index contributed by atoms with van der Waals surface area (Å²) in [4.78, 5) is 4.73. The van der Waals surface area contributed by atoms with Gasteiger partial charge in [-0.25, -0.2) is 0 Å². The fraction of sp³-hybridized carbons (Fsp3) is 0.176. The van der Waals surface area contributed by atoms with Crippen molar-refractivity contribution in [1.29, 1.82) is 10.5 Å². The maximum absolute atomic E-state index is 12.0. The van der Waals surface area contributed by atoms with Crippen LogP contribution in [0.25, 0.3) is 44.5 Å². The zero-order valence-electron chi connectivity index (χ0n) is 42.7. The van der Waals surface area contributed by atoms with E-state index in [4.69, 9.17) is 4.74 Å². The summed E-state index contributed by atoms with van der Waals surface area (Å²) in [5.74, 6) is 0. The Morgan fingerprint density at radius 3 is 0.918 bits per heavy atom. The third-order valence-electron chi connectivity index (χ3n) is 15.9. The van der Waals surface area contributed by atoms with Crippen LogP contribution in [0.4, 0.5) is 34.1 Å². The van der Waals surface area contributed by atoms with Gasteiger partial charge < -0.3 is 14.5 Å². The number of rotatable bonds is 6. The van der Waals surface area contributed by atoms with Crippen molar-refractivity contribution < 1.29 is 4.74 Å². The lowest BCUT2D eigenvalue weighted by Gasteiger charge is -2.47.